The molecule has 0 radical (unpaired) electrons. The van der Waals surface area contributed by atoms with Crippen molar-refractivity contribution in [2.45, 2.75) is 6.54 Å². The van der Waals surface area contributed by atoms with Crippen molar-refractivity contribution in [1.29, 1.82) is 0 Å². The summed E-state index contributed by atoms with van der Waals surface area (Å²) in [6, 6.07) is 9.80. The number of benzene rings is 1. The molecule has 1 aliphatic heterocycles. The smallest absolute Gasteiger partial charge is 0.225 e. The number of anilines is 2. The molecule has 2 aromatic rings. The predicted octanol–water partition coefficient (Wildman–Crippen LogP) is 2.45. The summed E-state index contributed by atoms with van der Waals surface area (Å²) >= 11 is 5.96. The maximum atomic E-state index is 6.18. The Morgan fingerprint density at radius 3 is 2.44 bits per heavy atom. The molecule has 7 nitrogen and oxygen atoms in total. The second kappa shape index (κ2) is 9.93. The number of hydrogen-bond donors (Lipinski definition) is 1. The molecule has 1 saturated heterocycles. The van der Waals surface area contributed by atoms with Crippen LogP contribution in [0.4, 0.5) is 11.6 Å². The van der Waals surface area contributed by atoms with E-state index in [9.17, 15) is 0 Å². The minimum Gasteiger partial charge on any atom is -0.370 e. The highest BCUT2D eigenvalue weighted by Gasteiger charge is 2.18. The molecule has 1 aromatic heterocycles. The fourth-order valence-corrected chi connectivity index (χ4v) is 2.92. The normalized spacial score (nSPS) is 14.7. The van der Waals surface area contributed by atoms with E-state index in [4.69, 9.17) is 17.3 Å². The summed E-state index contributed by atoms with van der Waals surface area (Å²) in [5.41, 5.74) is 8.22. The van der Waals surface area contributed by atoms with Crippen LogP contribution in [0.1, 0.15) is 5.69 Å². The zero-order chi connectivity index (χ0) is 18.5. The summed E-state index contributed by atoms with van der Waals surface area (Å²) in [4.78, 5) is 19.5. The number of halogens is 2. The topological polar surface area (TPSA) is 73.9 Å². The molecule has 146 valence electrons. The number of hydrogen-bond acceptors (Lipinski definition) is 5. The van der Waals surface area contributed by atoms with E-state index in [1.807, 2.05) is 49.3 Å². The summed E-state index contributed by atoms with van der Waals surface area (Å²) in [5.74, 6) is 1.23. The number of rotatable bonds is 4. The average Bonchev–Trinajstić information content (AvgIpc) is 2.67. The van der Waals surface area contributed by atoms with Crippen molar-refractivity contribution in [2.75, 3.05) is 50.1 Å². The van der Waals surface area contributed by atoms with Gasteiger partial charge in [-0.05, 0) is 30.3 Å². The van der Waals surface area contributed by atoms with Crippen molar-refractivity contribution in [3.63, 3.8) is 0 Å². The molecule has 0 amide bonds. The van der Waals surface area contributed by atoms with Crippen LogP contribution in [0.2, 0.25) is 5.02 Å². The molecule has 9 heteroatoms. The van der Waals surface area contributed by atoms with Crippen molar-refractivity contribution in [3.8, 4) is 0 Å². The fourth-order valence-electron chi connectivity index (χ4n) is 2.80. The first-order valence-electron chi connectivity index (χ1n) is 8.57. The molecular formula is C18H25ClIN7. The van der Waals surface area contributed by atoms with E-state index in [1.54, 1.807) is 6.20 Å². The van der Waals surface area contributed by atoms with E-state index >= 15 is 0 Å². The molecule has 0 unspecified atom stereocenters. The van der Waals surface area contributed by atoms with E-state index in [1.165, 1.54) is 5.69 Å². The van der Waals surface area contributed by atoms with Crippen molar-refractivity contribution >= 4 is 53.2 Å². The van der Waals surface area contributed by atoms with Gasteiger partial charge in [-0.15, -0.1) is 24.0 Å². The van der Waals surface area contributed by atoms with E-state index < -0.39 is 0 Å². The lowest BCUT2D eigenvalue weighted by molar-refractivity contribution is 0.380. The van der Waals surface area contributed by atoms with Gasteiger partial charge in [-0.2, -0.15) is 0 Å². The summed E-state index contributed by atoms with van der Waals surface area (Å²) in [6.07, 6.45) is 1.74. The SMILES string of the molecule is CN(C)c1nccc(CN=C(N)N2CCN(c3ccc(Cl)cc3)CC2)n1.I. The summed E-state index contributed by atoms with van der Waals surface area (Å²) in [6.45, 7) is 3.92. The molecule has 27 heavy (non-hydrogen) atoms. The monoisotopic (exact) mass is 501 g/mol. The standard InChI is InChI=1S/C18H24ClN7.HI/c1-24(2)18-21-8-7-15(23-18)13-22-17(20)26-11-9-25(10-12-26)16-5-3-14(19)4-6-16;/h3-8H,9-13H2,1-2H3,(H2,20,22);1H. The van der Waals surface area contributed by atoms with E-state index in [-0.39, 0.29) is 24.0 Å². The minimum absolute atomic E-state index is 0. The van der Waals surface area contributed by atoms with Gasteiger partial charge in [0.05, 0.1) is 12.2 Å². The molecule has 0 bridgehead atoms. The van der Waals surface area contributed by atoms with Gasteiger partial charge in [0.1, 0.15) is 0 Å². The fraction of sp³-hybridized carbons (Fsp3) is 0.389. The number of piperazine rings is 1. The van der Waals surface area contributed by atoms with Gasteiger partial charge in [0.25, 0.3) is 0 Å². The number of guanidine groups is 1. The molecule has 0 spiro atoms. The first kappa shape index (κ1) is 21.5. The molecule has 0 aliphatic carbocycles. The van der Waals surface area contributed by atoms with Crippen LogP contribution in [0.25, 0.3) is 0 Å². The number of nitrogens with zero attached hydrogens (tertiary/aromatic N) is 6. The molecule has 1 aliphatic rings. The Kier molecular flexibility index (Phi) is 7.91. The van der Waals surface area contributed by atoms with Crippen LogP contribution < -0.4 is 15.5 Å². The zero-order valence-corrected chi connectivity index (χ0v) is 18.6. The largest absolute Gasteiger partial charge is 0.370 e. The van der Waals surface area contributed by atoms with Gasteiger partial charge in [0.2, 0.25) is 5.95 Å². The molecule has 1 fully saturated rings. The van der Waals surface area contributed by atoms with Crippen molar-refractivity contribution in [1.82, 2.24) is 14.9 Å². The summed E-state index contributed by atoms with van der Waals surface area (Å²) < 4.78 is 0. The summed E-state index contributed by atoms with van der Waals surface area (Å²) in [7, 11) is 3.83. The minimum atomic E-state index is 0. The lowest BCUT2D eigenvalue weighted by Gasteiger charge is -2.36. The van der Waals surface area contributed by atoms with Gasteiger partial charge >= 0.3 is 0 Å². The van der Waals surface area contributed by atoms with Crippen LogP contribution >= 0.6 is 35.6 Å². The Morgan fingerprint density at radius 1 is 1.15 bits per heavy atom. The Labute approximate surface area is 182 Å². The second-order valence-electron chi connectivity index (χ2n) is 6.37. The maximum Gasteiger partial charge on any atom is 0.225 e. The molecule has 3 rings (SSSR count). The van der Waals surface area contributed by atoms with Gasteiger partial charge in [-0.25, -0.2) is 15.0 Å². The van der Waals surface area contributed by atoms with Gasteiger partial charge in [-0.3, -0.25) is 0 Å². The van der Waals surface area contributed by atoms with Crippen LogP contribution in [0, 0.1) is 0 Å². The van der Waals surface area contributed by atoms with Gasteiger partial charge < -0.3 is 20.4 Å². The summed E-state index contributed by atoms with van der Waals surface area (Å²) in [5, 5.41) is 0.755. The number of nitrogens with two attached hydrogens (primary N) is 1. The average molecular weight is 502 g/mol. The Bertz CT molecular complexity index is 759. The van der Waals surface area contributed by atoms with Crippen molar-refractivity contribution < 1.29 is 0 Å². The van der Waals surface area contributed by atoms with Gasteiger partial charge in [0, 0.05) is 57.2 Å². The molecule has 1 aromatic carbocycles. The third-order valence-electron chi connectivity index (χ3n) is 4.30. The van der Waals surface area contributed by atoms with E-state index in [2.05, 4.69) is 24.8 Å². The van der Waals surface area contributed by atoms with Crippen LogP contribution in [0.5, 0.6) is 0 Å². The van der Waals surface area contributed by atoms with Crippen molar-refractivity contribution in [3.05, 3.63) is 47.2 Å². The van der Waals surface area contributed by atoms with E-state index in [0.29, 0.717) is 18.5 Å². The van der Waals surface area contributed by atoms with E-state index in [0.717, 1.165) is 36.9 Å². The number of aliphatic imine (C=N–C) groups is 1. The lowest BCUT2D eigenvalue weighted by Crippen LogP contribution is -2.51. The Morgan fingerprint density at radius 2 is 1.81 bits per heavy atom. The van der Waals surface area contributed by atoms with Crippen molar-refractivity contribution in [2.24, 2.45) is 10.7 Å². The molecule has 0 saturated carbocycles. The first-order valence-corrected chi connectivity index (χ1v) is 8.95. The molecular weight excluding hydrogens is 477 g/mol. The van der Waals surface area contributed by atoms with Crippen LogP contribution in [0.15, 0.2) is 41.5 Å². The first-order chi connectivity index (χ1) is 12.5. The molecule has 2 heterocycles. The Hall–Kier alpha value is -1.81. The number of aromatic nitrogens is 2. The molecule has 0 atom stereocenters. The molecule has 2 N–H and O–H groups in total. The predicted molar refractivity (Wildman–Crippen MR) is 122 cm³/mol. The van der Waals surface area contributed by atoms with Crippen LogP contribution in [-0.4, -0.2) is 61.1 Å². The highest BCUT2D eigenvalue weighted by atomic mass is 127. The van der Waals surface area contributed by atoms with Gasteiger partial charge in [-0.1, -0.05) is 11.6 Å². The third-order valence-corrected chi connectivity index (χ3v) is 4.55. The van der Waals surface area contributed by atoms with Crippen LogP contribution in [0.3, 0.4) is 0 Å². The third kappa shape index (κ3) is 5.83. The Balaban J connectivity index is 0.00000261. The lowest BCUT2D eigenvalue weighted by atomic mass is 10.2. The highest BCUT2D eigenvalue weighted by Crippen LogP contribution is 2.19. The highest BCUT2D eigenvalue weighted by molar-refractivity contribution is 14.0. The quantitative estimate of drug-likeness (QED) is 0.394. The second-order valence-corrected chi connectivity index (χ2v) is 6.80. The zero-order valence-electron chi connectivity index (χ0n) is 15.5. The maximum absolute atomic E-state index is 6.18. The van der Waals surface area contributed by atoms with Crippen LogP contribution in [-0.2, 0) is 6.54 Å². The van der Waals surface area contributed by atoms with Gasteiger partial charge in [0.15, 0.2) is 5.96 Å².